The summed E-state index contributed by atoms with van der Waals surface area (Å²) in [5, 5.41) is 0. The van der Waals surface area contributed by atoms with Crippen LogP contribution in [0.1, 0.15) is 11.1 Å². The van der Waals surface area contributed by atoms with Gasteiger partial charge in [0.1, 0.15) is 8.47 Å². The molecule has 2 nitrogen and oxygen atoms in total. The van der Waals surface area contributed by atoms with Crippen LogP contribution < -0.4 is 0 Å². The first-order valence-corrected chi connectivity index (χ1v) is 13.5. The van der Waals surface area contributed by atoms with E-state index in [-0.39, 0.29) is 8.47 Å². The summed E-state index contributed by atoms with van der Waals surface area (Å²) >= 11 is 2.52. The molecule has 0 aromatic heterocycles. The molecule has 0 radical (unpaired) electrons. The molecule has 0 amide bonds. The average Bonchev–Trinajstić information content (AvgIpc) is 2.86. The Bertz CT molecular complexity index is 1230. The van der Waals surface area contributed by atoms with E-state index in [1.165, 1.54) is 23.5 Å². The van der Waals surface area contributed by atoms with Crippen molar-refractivity contribution in [1.82, 2.24) is 0 Å². The summed E-state index contributed by atoms with van der Waals surface area (Å²) in [4.78, 5) is 1.74. The summed E-state index contributed by atoms with van der Waals surface area (Å²) in [5.41, 5.74) is 1.67. The van der Waals surface area contributed by atoms with Crippen LogP contribution in [0.4, 0.5) is 0 Å². The maximum Gasteiger partial charge on any atom is 0.219 e. The van der Waals surface area contributed by atoms with Gasteiger partial charge in [-0.25, -0.2) is 8.42 Å². The largest absolute Gasteiger partial charge is 0.219 e. The van der Waals surface area contributed by atoms with Crippen molar-refractivity contribution in [1.29, 1.82) is 0 Å². The first-order valence-electron chi connectivity index (χ1n) is 10.4. The minimum Gasteiger partial charge on any atom is -0.217 e. The lowest BCUT2D eigenvalue weighted by molar-refractivity contribution is 0.611. The fraction of sp³-hybridized carbons (Fsp3) is 0. The van der Waals surface area contributed by atoms with E-state index in [0.29, 0.717) is 0 Å². The van der Waals surface area contributed by atoms with Crippen LogP contribution in [0.15, 0.2) is 140 Å². The Morgan fingerprint density at radius 1 is 0.485 bits per heavy atom. The van der Waals surface area contributed by atoms with Crippen molar-refractivity contribution in [3.63, 3.8) is 0 Å². The second-order valence-corrected chi connectivity index (χ2v) is 11.7. The molecule has 4 aromatic carbocycles. The highest BCUT2D eigenvalue weighted by Crippen LogP contribution is 2.42. The number of rotatable bonds is 8. The Kier molecular flexibility index (Phi) is 7.89. The third-order valence-electron chi connectivity index (χ3n) is 4.62. The van der Waals surface area contributed by atoms with E-state index in [0.717, 1.165) is 20.9 Å². The first-order chi connectivity index (χ1) is 16.1. The van der Waals surface area contributed by atoms with Gasteiger partial charge < -0.3 is 0 Å². The molecule has 5 heteroatoms. The van der Waals surface area contributed by atoms with Crippen LogP contribution in [0.5, 0.6) is 0 Å². The Morgan fingerprint density at radius 2 is 0.788 bits per heavy atom. The van der Waals surface area contributed by atoms with Gasteiger partial charge in [0.15, 0.2) is 0 Å². The third kappa shape index (κ3) is 6.51. The molecule has 0 saturated carbocycles. The number of hydrogen-bond donors (Lipinski definition) is 0. The van der Waals surface area contributed by atoms with Crippen molar-refractivity contribution >= 4 is 45.5 Å². The molecule has 0 unspecified atom stereocenters. The van der Waals surface area contributed by atoms with Crippen LogP contribution in [0.25, 0.3) is 12.2 Å². The molecule has 0 fully saturated rings. The van der Waals surface area contributed by atoms with E-state index in [4.69, 9.17) is 0 Å². The SMILES string of the molecule is O=S(=O)(C(=Cc1ccccc1)Sc1ccccc1)C(=Cc1ccccc1)Sc1ccccc1. The maximum atomic E-state index is 14.1. The summed E-state index contributed by atoms with van der Waals surface area (Å²) in [6.07, 6.45) is 3.49. The molecule has 0 spiro atoms. The molecule has 0 saturated heterocycles. The number of thioether (sulfide) groups is 2. The van der Waals surface area contributed by atoms with E-state index in [9.17, 15) is 8.42 Å². The van der Waals surface area contributed by atoms with Crippen LogP contribution in [-0.2, 0) is 9.84 Å². The minimum atomic E-state index is -3.81. The number of hydrogen-bond acceptors (Lipinski definition) is 4. The first kappa shape index (κ1) is 23.2. The quantitative estimate of drug-likeness (QED) is 0.236. The maximum absolute atomic E-state index is 14.1. The fourth-order valence-electron chi connectivity index (χ4n) is 3.00. The lowest BCUT2D eigenvalue weighted by atomic mass is 10.2. The zero-order valence-electron chi connectivity index (χ0n) is 17.7. The monoisotopic (exact) mass is 486 g/mol. The Balaban J connectivity index is 1.82. The van der Waals surface area contributed by atoms with Crippen molar-refractivity contribution in [2.45, 2.75) is 9.79 Å². The van der Waals surface area contributed by atoms with Crippen molar-refractivity contribution in [2.75, 3.05) is 0 Å². The van der Waals surface area contributed by atoms with Gasteiger partial charge in [0.05, 0.1) is 0 Å². The van der Waals surface area contributed by atoms with Gasteiger partial charge in [-0.1, -0.05) is 121 Å². The average molecular weight is 487 g/mol. The van der Waals surface area contributed by atoms with Gasteiger partial charge in [-0.2, -0.15) is 0 Å². The Hall–Kier alpha value is -2.99. The summed E-state index contributed by atoms with van der Waals surface area (Å²) in [5.74, 6) is 0. The predicted molar refractivity (Wildman–Crippen MR) is 142 cm³/mol. The molecule has 0 bridgehead atoms. The van der Waals surface area contributed by atoms with Crippen molar-refractivity contribution in [2.24, 2.45) is 0 Å². The second kappa shape index (κ2) is 11.2. The van der Waals surface area contributed by atoms with Gasteiger partial charge in [0, 0.05) is 9.79 Å². The molecule has 0 aliphatic rings. The predicted octanol–water partition coefficient (Wildman–Crippen LogP) is 7.98. The zero-order valence-corrected chi connectivity index (χ0v) is 20.2. The lowest BCUT2D eigenvalue weighted by Crippen LogP contribution is -2.04. The van der Waals surface area contributed by atoms with Gasteiger partial charge in [0.25, 0.3) is 0 Å². The fourth-order valence-corrected chi connectivity index (χ4v) is 7.38. The summed E-state index contributed by atoms with van der Waals surface area (Å²) in [6, 6.07) is 38.3. The lowest BCUT2D eigenvalue weighted by Gasteiger charge is -2.13. The smallest absolute Gasteiger partial charge is 0.217 e. The molecule has 33 heavy (non-hydrogen) atoms. The summed E-state index contributed by atoms with van der Waals surface area (Å²) in [6.45, 7) is 0. The van der Waals surface area contributed by atoms with Gasteiger partial charge in [-0.3, -0.25) is 0 Å². The van der Waals surface area contributed by atoms with E-state index in [1.54, 1.807) is 12.2 Å². The normalized spacial score (nSPS) is 12.5. The molecule has 164 valence electrons. The van der Waals surface area contributed by atoms with E-state index in [1.807, 2.05) is 121 Å². The molecule has 0 aliphatic carbocycles. The van der Waals surface area contributed by atoms with Gasteiger partial charge in [-0.05, 0) is 47.5 Å². The Morgan fingerprint density at radius 3 is 1.12 bits per heavy atom. The highest BCUT2D eigenvalue weighted by molar-refractivity contribution is 8.27. The van der Waals surface area contributed by atoms with Crippen molar-refractivity contribution < 1.29 is 8.42 Å². The molecule has 0 aliphatic heterocycles. The second-order valence-electron chi connectivity index (χ2n) is 7.08. The van der Waals surface area contributed by atoms with Gasteiger partial charge in [0.2, 0.25) is 9.84 Å². The van der Waals surface area contributed by atoms with Crippen LogP contribution in [0.2, 0.25) is 0 Å². The Labute approximate surface area is 204 Å². The highest BCUT2D eigenvalue weighted by atomic mass is 32.3. The third-order valence-corrected chi connectivity index (χ3v) is 9.39. The van der Waals surface area contributed by atoms with Crippen LogP contribution in [-0.4, -0.2) is 8.42 Å². The number of sulfone groups is 1. The topological polar surface area (TPSA) is 34.1 Å². The van der Waals surface area contributed by atoms with Crippen molar-refractivity contribution in [3.05, 3.63) is 141 Å². The molecule has 0 heterocycles. The van der Waals surface area contributed by atoms with Gasteiger partial charge >= 0.3 is 0 Å². The summed E-state index contributed by atoms with van der Waals surface area (Å²) < 4.78 is 28.7. The highest BCUT2D eigenvalue weighted by Gasteiger charge is 2.26. The zero-order chi connectivity index (χ0) is 22.9. The molecule has 4 aromatic rings. The number of benzene rings is 4. The minimum absolute atomic E-state index is 0.283. The van der Waals surface area contributed by atoms with E-state index >= 15 is 0 Å². The molecule has 0 N–H and O–H groups in total. The van der Waals surface area contributed by atoms with Crippen LogP contribution >= 0.6 is 23.5 Å². The molecular formula is C28H22O2S3. The molecule has 0 atom stereocenters. The van der Waals surface area contributed by atoms with Crippen LogP contribution in [0, 0.1) is 0 Å². The van der Waals surface area contributed by atoms with E-state index in [2.05, 4.69) is 0 Å². The summed E-state index contributed by atoms with van der Waals surface area (Å²) in [7, 11) is -3.81. The van der Waals surface area contributed by atoms with Gasteiger partial charge in [-0.15, -0.1) is 0 Å². The van der Waals surface area contributed by atoms with Crippen molar-refractivity contribution in [3.8, 4) is 0 Å². The molecule has 4 rings (SSSR count). The molecular weight excluding hydrogens is 465 g/mol. The standard InChI is InChI=1S/C28H22O2S3/c29-33(30,27(21-23-13-5-1-6-14-23)31-25-17-9-3-10-18-25)28(22-24-15-7-2-8-16-24)32-26-19-11-4-12-20-26/h1-22H. The van der Waals surface area contributed by atoms with Crippen LogP contribution in [0.3, 0.4) is 0 Å². The van der Waals surface area contributed by atoms with E-state index < -0.39 is 9.84 Å².